The highest BCUT2D eigenvalue weighted by atomic mass is 32.1. The Hall–Kier alpha value is -2.71. The third-order valence-electron chi connectivity index (χ3n) is 2.70. The lowest BCUT2D eigenvalue weighted by molar-refractivity contribution is -0.129. The molecule has 3 rings (SSSR count). The van der Waals surface area contributed by atoms with Crippen molar-refractivity contribution in [1.82, 2.24) is 0 Å². The van der Waals surface area contributed by atoms with E-state index in [0.717, 1.165) is 10.4 Å². The first-order chi connectivity index (χ1) is 9.76. The quantitative estimate of drug-likeness (QED) is 0.627. The molecule has 0 aliphatic carbocycles. The maximum absolute atomic E-state index is 11.8. The van der Waals surface area contributed by atoms with Crippen molar-refractivity contribution in [3.63, 3.8) is 0 Å². The SMILES string of the molecule is N#Cc1ccc(C=C2N=C(c3cccs3)OC2=O)cc1. The smallest absolute Gasteiger partial charge is 0.363 e. The summed E-state index contributed by atoms with van der Waals surface area (Å²) in [6.07, 6.45) is 1.64. The maximum Gasteiger partial charge on any atom is 0.363 e. The van der Waals surface area contributed by atoms with Crippen molar-refractivity contribution < 1.29 is 9.53 Å². The summed E-state index contributed by atoms with van der Waals surface area (Å²) < 4.78 is 5.14. The number of benzene rings is 1. The van der Waals surface area contributed by atoms with E-state index in [9.17, 15) is 4.79 Å². The van der Waals surface area contributed by atoms with E-state index in [1.807, 2.05) is 23.6 Å². The zero-order chi connectivity index (χ0) is 13.9. The Morgan fingerprint density at radius 3 is 2.70 bits per heavy atom. The van der Waals surface area contributed by atoms with Crippen molar-refractivity contribution in [1.29, 1.82) is 5.26 Å². The zero-order valence-electron chi connectivity index (χ0n) is 10.2. The fourth-order valence-corrected chi connectivity index (χ4v) is 2.38. The van der Waals surface area contributed by atoms with Crippen LogP contribution in [0.15, 0.2) is 52.5 Å². The molecule has 96 valence electrons. The standard InChI is InChI=1S/C15H8N2O2S/c16-9-11-5-3-10(4-6-11)8-12-15(18)19-14(17-12)13-2-1-7-20-13/h1-8H. The number of ether oxygens (including phenoxy) is 1. The number of esters is 1. The van der Waals surface area contributed by atoms with Gasteiger partial charge in [0.15, 0.2) is 5.70 Å². The van der Waals surface area contributed by atoms with Crippen LogP contribution < -0.4 is 0 Å². The molecule has 0 unspecified atom stereocenters. The molecule has 20 heavy (non-hydrogen) atoms. The minimum atomic E-state index is -0.460. The molecule has 0 saturated carbocycles. The van der Waals surface area contributed by atoms with Crippen LogP contribution in [-0.2, 0) is 9.53 Å². The molecule has 2 heterocycles. The van der Waals surface area contributed by atoms with Crippen molar-refractivity contribution in [2.24, 2.45) is 4.99 Å². The molecule has 4 nitrogen and oxygen atoms in total. The summed E-state index contributed by atoms with van der Waals surface area (Å²) >= 11 is 1.46. The second-order valence-corrected chi connectivity index (χ2v) is 4.99. The van der Waals surface area contributed by atoms with Gasteiger partial charge in [0.05, 0.1) is 16.5 Å². The lowest BCUT2D eigenvalue weighted by atomic mass is 10.1. The number of hydrogen-bond donors (Lipinski definition) is 0. The van der Waals surface area contributed by atoms with Crippen LogP contribution in [0, 0.1) is 11.3 Å². The molecule has 5 heteroatoms. The molecular formula is C15H8N2O2S. The number of hydrogen-bond acceptors (Lipinski definition) is 5. The summed E-state index contributed by atoms with van der Waals surface area (Å²) in [5.74, 6) is -0.123. The van der Waals surface area contributed by atoms with Gasteiger partial charge in [0.2, 0.25) is 5.90 Å². The molecule has 0 atom stereocenters. The van der Waals surface area contributed by atoms with Crippen molar-refractivity contribution in [2.45, 2.75) is 0 Å². The highest BCUT2D eigenvalue weighted by Crippen LogP contribution is 2.21. The van der Waals surface area contributed by atoms with Gasteiger partial charge in [-0.15, -0.1) is 11.3 Å². The summed E-state index contributed by atoms with van der Waals surface area (Å²) in [5, 5.41) is 10.6. The van der Waals surface area contributed by atoms with Gasteiger partial charge in [-0.05, 0) is 35.2 Å². The van der Waals surface area contributed by atoms with E-state index in [1.54, 1.807) is 30.3 Å². The van der Waals surface area contributed by atoms with E-state index < -0.39 is 5.97 Å². The first kappa shape index (κ1) is 12.3. The van der Waals surface area contributed by atoms with Gasteiger partial charge in [-0.25, -0.2) is 9.79 Å². The number of carbonyl (C=O) groups excluding carboxylic acids is 1. The minimum absolute atomic E-state index is 0.262. The number of nitrogens with zero attached hydrogens (tertiary/aromatic N) is 2. The number of rotatable bonds is 2. The summed E-state index contributed by atoms with van der Waals surface area (Å²) in [7, 11) is 0. The molecule has 0 radical (unpaired) electrons. The fourth-order valence-electron chi connectivity index (χ4n) is 1.73. The summed E-state index contributed by atoms with van der Waals surface area (Å²) in [5.41, 5.74) is 1.63. The highest BCUT2D eigenvalue weighted by Gasteiger charge is 2.24. The van der Waals surface area contributed by atoms with Gasteiger partial charge in [-0.1, -0.05) is 18.2 Å². The Balaban J connectivity index is 1.91. The third-order valence-corrected chi connectivity index (χ3v) is 3.55. The molecule has 1 aliphatic rings. The predicted molar refractivity (Wildman–Crippen MR) is 76.1 cm³/mol. The van der Waals surface area contributed by atoms with Gasteiger partial charge in [0, 0.05) is 0 Å². The Morgan fingerprint density at radius 1 is 1.25 bits per heavy atom. The summed E-state index contributed by atoms with van der Waals surface area (Å²) in [6, 6.07) is 12.7. The molecule has 0 spiro atoms. The molecule has 0 saturated heterocycles. The number of cyclic esters (lactones) is 1. The van der Waals surface area contributed by atoms with Crippen molar-refractivity contribution >= 4 is 29.3 Å². The van der Waals surface area contributed by atoms with Crippen LogP contribution in [0.3, 0.4) is 0 Å². The number of thiophene rings is 1. The first-order valence-corrected chi connectivity index (χ1v) is 6.71. The van der Waals surface area contributed by atoms with E-state index >= 15 is 0 Å². The van der Waals surface area contributed by atoms with Gasteiger partial charge in [-0.2, -0.15) is 5.26 Å². The van der Waals surface area contributed by atoms with Crippen LogP contribution in [0.2, 0.25) is 0 Å². The molecule has 0 bridgehead atoms. The van der Waals surface area contributed by atoms with Gasteiger partial charge >= 0.3 is 5.97 Å². The van der Waals surface area contributed by atoms with Crippen LogP contribution in [0.5, 0.6) is 0 Å². The molecule has 1 aliphatic heterocycles. The van der Waals surface area contributed by atoms with Crippen LogP contribution in [0.4, 0.5) is 0 Å². The van der Waals surface area contributed by atoms with E-state index in [2.05, 4.69) is 4.99 Å². The Labute approximate surface area is 119 Å². The average molecular weight is 280 g/mol. The van der Waals surface area contributed by atoms with E-state index in [4.69, 9.17) is 10.00 Å². The second kappa shape index (κ2) is 5.11. The van der Waals surface area contributed by atoms with Gasteiger partial charge in [0.1, 0.15) is 0 Å². The molecule has 0 N–H and O–H groups in total. The largest absolute Gasteiger partial charge is 0.401 e. The number of aliphatic imine (C=N–C) groups is 1. The van der Waals surface area contributed by atoms with Crippen LogP contribution in [-0.4, -0.2) is 11.9 Å². The number of nitriles is 1. The summed E-state index contributed by atoms with van der Waals surface area (Å²) in [4.78, 5) is 16.8. The maximum atomic E-state index is 11.8. The van der Waals surface area contributed by atoms with Gasteiger partial charge < -0.3 is 4.74 Å². The molecule has 1 aromatic heterocycles. The van der Waals surface area contributed by atoms with Gasteiger partial charge in [-0.3, -0.25) is 0 Å². The van der Waals surface area contributed by atoms with Crippen molar-refractivity contribution in [3.8, 4) is 6.07 Å². The van der Waals surface area contributed by atoms with Crippen LogP contribution >= 0.6 is 11.3 Å². The molecule has 1 aromatic carbocycles. The molecule has 2 aromatic rings. The van der Waals surface area contributed by atoms with Crippen molar-refractivity contribution in [2.75, 3.05) is 0 Å². The van der Waals surface area contributed by atoms with E-state index in [-0.39, 0.29) is 5.70 Å². The van der Waals surface area contributed by atoms with E-state index in [0.29, 0.717) is 11.5 Å². The van der Waals surface area contributed by atoms with Gasteiger partial charge in [0.25, 0.3) is 0 Å². The van der Waals surface area contributed by atoms with E-state index in [1.165, 1.54) is 11.3 Å². The molecular weight excluding hydrogens is 272 g/mol. The second-order valence-electron chi connectivity index (χ2n) is 4.05. The lowest BCUT2D eigenvalue weighted by Gasteiger charge is -1.94. The fraction of sp³-hybridized carbons (Fsp3) is 0. The third kappa shape index (κ3) is 2.37. The van der Waals surface area contributed by atoms with Crippen molar-refractivity contribution in [3.05, 3.63) is 63.5 Å². The predicted octanol–water partition coefficient (Wildman–Crippen LogP) is 2.96. The Kier molecular flexibility index (Phi) is 3.15. The first-order valence-electron chi connectivity index (χ1n) is 5.83. The highest BCUT2D eigenvalue weighted by molar-refractivity contribution is 7.12. The monoisotopic (exact) mass is 280 g/mol. The summed E-state index contributed by atoms with van der Waals surface area (Å²) in [6.45, 7) is 0. The zero-order valence-corrected chi connectivity index (χ0v) is 11.1. The van der Waals surface area contributed by atoms with Crippen LogP contribution in [0.1, 0.15) is 16.0 Å². The average Bonchev–Trinajstić information content (AvgIpc) is 3.10. The minimum Gasteiger partial charge on any atom is -0.401 e. The Morgan fingerprint density at radius 2 is 2.05 bits per heavy atom. The normalized spacial score (nSPS) is 15.8. The molecule has 0 amide bonds. The van der Waals surface area contributed by atoms with Crippen LogP contribution in [0.25, 0.3) is 6.08 Å². The Bertz CT molecular complexity index is 750. The molecule has 0 fully saturated rings. The number of carbonyl (C=O) groups is 1. The topological polar surface area (TPSA) is 62.4 Å². The lowest BCUT2D eigenvalue weighted by Crippen LogP contribution is -2.03.